The van der Waals surface area contributed by atoms with Gasteiger partial charge in [-0.05, 0) is 29.3 Å². The average molecular weight is 359 g/mol. The molecule has 0 radical (unpaired) electrons. The number of benzene rings is 2. The van der Waals surface area contributed by atoms with Gasteiger partial charge in [0.25, 0.3) is 11.8 Å². The largest absolute Gasteiger partial charge is 0.473 e. The zero-order chi connectivity index (χ0) is 18.6. The van der Waals surface area contributed by atoms with E-state index in [1.807, 2.05) is 36.4 Å². The SMILES string of the molecule is O=C(Nc1ccc2c(c1)C(=O)NC2)c1ccnc(OCc2ccccc2)c1. The van der Waals surface area contributed by atoms with E-state index < -0.39 is 0 Å². The summed E-state index contributed by atoms with van der Waals surface area (Å²) in [5, 5.41) is 5.56. The number of pyridine rings is 1. The van der Waals surface area contributed by atoms with Crippen molar-refractivity contribution in [1.82, 2.24) is 10.3 Å². The molecule has 2 amide bonds. The van der Waals surface area contributed by atoms with Gasteiger partial charge in [0.05, 0.1) is 0 Å². The number of aromatic nitrogens is 1. The molecule has 6 nitrogen and oxygen atoms in total. The van der Waals surface area contributed by atoms with Crippen LogP contribution in [0.25, 0.3) is 0 Å². The molecule has 1 aromatic heterocycles. The second kappa shape index (κ2) is 7.29. The number of amides is 2. The van der Waals surface area contributed by atoms with Crippen molar-refractivity contribution in [1.29, 1.82) is 0 Å². The lowest BCUT2D eigenvalue weighted by atomic mass is 10.1. The molecular weight excluding hydrogens is 342 g/mol. The minimum atomic E-state index is -0.291. The maximum Gasteiger partial charge on any atom is 0.255 e. The normalized spacial score (nSPS) is 12.2. The van der Waals surface area contributed by atoms with Crippen molar-refractivity contribution in [3.8, 4) is 5.88 Å². The van der Waals surface area contributed by atoms with Crippen LogP contribution in [-0.2, 0) is 13.2 Å². The number of ether oxygens (including phenoxy) is 1. The lowest BCUT2D eigenvalue weighted by Crippen LogP contribution is -2.14. The van der Waals surface area contributed by atoms with E-state index in [2.05, 4.69) is 15.6 Å². The number of fused-ring (bicyclic) bond motifs is 1. The number of hydrogen-bond donors (Lipinski definition) is 2. The fourth-order valence-corrected chi connectivity index (χ4v) is 2.85. The first-order chi connectivity index (χ1) is 13.2. The van der Waals surface area contributed by atoms with E-state index in [0.29, 0.717) is 35.8 Å². The standard InChI is InChI=1S/C21H17N3O3/c25-20(24-17-7-6-16-12-23-21(26)18(16)11-17)15-8-9-22-19(10-15)27-13-14-4-2-1-3-5-14/h1-11H,12-13H2,(H,23,26)(H,24,25). The molecule has 2 aromatic carbocycles. The van der Waals surface area contributed by atoms with E-state index >= 15 is 0 Å². The number of carbonyl (C=O) groups excluding carboxylic acids is 2. The average Bonchev–Trinajstić information content (AvgIpc) is 3.08. The molecular formula is C21H17N3O3. The Hall–Kier alpha value is -3.67. The van der Waals surface area contributed by atoms with E-state index in [0.717, 1.165) is 11.1 Å². The van der Waals surface area contributed by atoms with Gasteiger partial charge in [0.1, 0.15) is 6.61 Å². The van der Waals surface area contributed by atoms with Gasteiger partial charge in [0.2, 0.25) is 5.88 Å². The summed E-state index contributed by atoms with van der Waals surface area (Å²) in [6, 6.07) is 18.2. The number of nitrogens with zero attached hydrogens (tertiary/aromatic N) is 1. The van der Waals surface area contributed by atoms with Crippen LogP contribution in [0.2, 0.25) is 0 Å². The summed E-state index contributed by atoms with van der Waals surface area (Å²) in [6.45, 7) is 0.897. The first kappa shape index (κ1) is 16.8. The van der Waals surface area contributed by atoms with Gasteiger partial charge in [-0.15, -0.1) is 0 Å². The number of hydrogen-bond acceptors (Lipinski definition) is 4. The van der Waals surface area contributed by atoms with Crippen molar-refractivity contribution in [3.63, 3.8) is 0 Å². The molecule has 0 fully saturated rings. The van der Waals surface area contributed by atoms with Crippen LogP contribution in [0.4, 0.5) is 5.69 Å². The van der Waals surface area contributed by atoms with Gasteiger partial charge in [-0.2, -0.15) is 0 Å². The van der Waals surface area contributed by atoms with Gasteiger partial charge in [-0.25, -0.2) is 4.98 Å². The summed E-state index contributed by atoms with van der Waals surface area (Å²) >= 11 is 0. The van der Waals surface area contributed by atoms with E-state index in [9.17, 15) is 9.59 Å². The van der Waals surface area contributed by atoms with Gasteiger partial charge in [-0.3, -0.25) is 9.59 Å². The minimum absolute atomic E-state index is 0.124. The predicted octanol–water partition coefficient (Wildman–Crippen LogP) is 3.16. The summed E-state index contributed by atoms with van der Waals surface area (Å²) in [5.74, 6) is -0.0400. The molecule has 2 N–H and O–H groups in total. The van der Waals surface area contributed by atoms with Crippen molar-refractivity contribution >= 4 is 17.5 Å². The molecule has 0 bridgehead atoms. The number of anilines is 1. The molecule has 6 heteroatoms. The number of rotatable bonds is 5. The maximum atomic E-state index is 12.5. The molecule has 0 saturated heterocycles. The highest BCUT2D eigenvalue weighted by Crippen LogP contribution is 2.21. The fraction of sp³-hybridized carbons (Fsp3) is 0.0952. The molecule has 0 unspecified atom stereocenters. The van der Waals surface area contributed by atoms with E-state index in [-0.39, 0.29) is 11.8 Å². The Morgan fingerprint density at radius 1 is 1.11 bits per heavy atom. The Balaban J connectivity index is 1.45. The van der Waals surface area contributed by atoms with Gasteiger partial charge >= 0.3 is 0 Å². The number of nitrogens with one attached hydrogen (secondary N) is 2. The summed E-state index contributed by atoms with van der Waals surface area (Å²) < 4.78 is 5.66. The van der Waals surface area contributed by atoms with Crippen LogP contribution in [0.1, 0.15) is 31.8 Å². The zero-order valence-electron chi connectivity index (χ0n) is 14.4. The van der Waals surface area contributed by atoms with E-state index in [4.69, 9.17) is 4.74 Å². The molecule has 27 heavy (non-hydrogen) atoms. The third-order valence-electron chi connectivity index (χ3n) is 4.28. The lowest BCUT2D eigenvalue weighted by molar-refractivity contribution is 0.0964. The highest BCUT2D eigenvalue weighted by atomic mass is 16.5. The second-order valence-corrected chi connectivity index (χ2v) is 6.17. The zero-order valence-corrected chi connectivity index (χ0v) is 14.4. The molecule has 2 heterocycles. The molecule has 0 saturated carbocycles. The minimum Gasteiger partial charge on any atom is -0.473 e. The van der Waals surface area contributed by atoms with Gasteiger partial charge in [0.15, 0.2) is 0 Å². The van der Waals surface area contributed by atoms with Crippen LogP contribution in [0.5, 0.6) is 5.88 Å². The van der Waals surface area contributed by atoms with E-state index in [1.165, 1.54) is 6.20 Å². The molecule has 3 aromatic rings. The molecule has 1 aliphatic rings. The number of carbonyl (C=O) groups is 2. The topological polar surface area (TPSA) is 80.3 Å². The summed E-state index contributed by atoms with van der Waals surface area (Å²) in [7, 11) is 0. The highest BCUT2D eigenvalue weighted by molar-refractivity contribution is 6.05. The van der Waals surface area contributed by atoms with Gasteiger partial charge < -0.3 is 15.4 Å². The summed E-state index contributed by atoms with van der Waals surface area (Å²) in [5.41, 5.74) is 3.54. The van der Waals surface area contributed by atoms with Crippen LogP contribution >= 0.6 is 0 Å². The van der Waals surface area contributed by atoms with Gasteiger partial charge in [-0.1, -0.05) is 36.4 Å². The van der Waals surface area contributed by atoms with Crippen molar-refractivity contribution < 1.29 is 14.3 Å². The highest BCUT2D eigenvalue weighted by Gasteiger charge is 2.19. The summed E-state index contributed by atoms with van der Waals surface area (Å²) in [4.78, 5) is 28.4. The fourth-order valence-electron chi connectivity index (χ4n) is 2.85. The second-order valence-electron chi connectivity index (χ2n) is 6.17. The van der Waals surface area contributed by atoms with Crippen molar-refractivity contribution in [3.05, 3.63) is 89.1 Å². The molecule has 0 spiro atoms. The summed E-state index contributed by atoms with van der Waals surface area (Å²) in [6.07, 6.45) is 1.53. The molecule has 134 valence electrons. The van der Waals surface area contributed by atoms with E-state index in [1.54, 1.807) is 24.3 Å². The molecule has 0 aliphatic carbocycles. The van der Waals surface area contributed by atoms with Crippen LogP contribution in [0.3, 0.4) is 0 Å². The third-order valence-corrected chi connectivity index (χ3v) is 4.28. The maximum absolute atomic E-state index is 12.5. The molecule has 1 aliphatic heterocycles. The Morgan fingerprint density at radius 2 is 1.96 bits per heavy atom. The predicted molar refractivity (Wildman–Crippen MR) is 101 cm³/mol. The Bertz CT molecular complexity index is 1000. The third kappa shape index (κ3) is 3.79. The first-order valence-electron chi connectivity index (χ1n) is 8.54. The Labute approximate surface area is 156 Å². The van der Waals surface area contributed by atoms with Gasteiger partial charge in [0, 0.05) is 35.6 Å². The van der Waals surface area contributed by atoms with Crippen molar-refractivity contribution in [2.45, 2.75) is 13.2 Å². The van der Waals surface area contributed by atoms with Crippen molar-refractivity contribution in [2.24, 2.45) is 0 Å². The van der Waals surface area contributed by atoms with Crippen LogP contribution in [-0.4, -0.2) is 16.8 Å². The lowest BCUT2D eigenvalue weighted by Gasteiger charge is -2.09. The quantitative estimate of drug-likeness (QED) is 0.733. The Morgan fingerprint density at radius 3 is 2.81 bits per heavy atom. The Kier molecular flexibility index (Phi) is 4.53. The van der Waals surface area contributed by atoms with Crippen LogP contribution < -0.4 is 15.4 Å². The molecule has 4 rings (SSSR count). The molecule has 0 atom stereocenters. The van der Waals surface area contributed by atoms with Crippen molar-refractivity contribution in [2.75, 3.05) is 5.32 Å². The van der Waals surface area contributed by atoms with Crippen LogP contribution in [0.15, 0.2) is 66.9 Å². The smallest absolute Gasteiger partial charge is 0.255 e. The van der Waals surface area contributed by atoms with Crippen LogP contribution in [0, 0.1) is 0 Å². The first-order valence-corrected chi connectivity index (χ1v) is 8.54. The monoisotopic (exact) mass is 359 g/mol.